The van der Waals surface area contributed by atoms with Gasteiger partial charge in [0.15, 0.2) is 0 Å². The third-order valence-electron chi connectivity index (χ3n) is 6.76. The molecule has 1 aromatic carbocycles. The zero-order valence-corrected chi connectivity index (χ0v) is 18.0. The van der Waals surface area contributed by atoms with Crippen LogP contribution in [0.15, 0.2) is 18.2 Å². The fourth-order valence-corrected chi connectivity index (χ4v) is 8.70. The van der Waals surface area contributed by atoms with Gasteiger partial charge in [-0.15, -0.1) is 0 Å². The van der Waals surface area contributed by atoms with Gasteiger partial charge >= 0.3 is 0 Å². The molecule has 0 spiro atoms. The fraction of sp³-hybridized carbons (Fsp3) is 0.727. The number of aryl methyl sites for hydroxylation is 1. The maximum Gasteiger partial charge on any atom is 0.119 e. The van der Waals surface area contributed by atoms with E-state index in [1.807, 2.05) is 19.1 Å². The van der Waals surface area contributed by atoms with Gasteiger partial charge < -0.3 is 4.74 Å². The molecule has 1 aliphatic heterocycles. The van der Waals surface area contributed by atoms with Crippen LogP contribution in [-0.4, -0.2) is 15.4 Å². The van der Waals surface area contributed by atoms with Crippen LogP contribution in [0.3, 0.4) is 0 Å². The average Bonchev–Trinajstić information content (AvgIpc) is 2.64. The Hall–Kier alpha value is -0.473. The normalized spacial score (nSPS) is 30.2. The third kappa shape index (κ3) is 5.50. The molecule has 3 rings (SSSR count). The topological polar surface area (TPSA) is 9.23 Å². The summed E-state index contributed by atoms with van der Waals surface area (Å²) < 4.78 is 6.05. The molecule has 1 saturated heterocycles. The predicted octanol–water partition coefficient (Wildman–Crippen LogP) is 6.88. The molecule has 0 unspecified atom stereocenters. The highest BCUT2D eigenvalue weighted by atomic mass is 35.5. The van der Waals surface area contributed by atoms with Crippen molar-refractivity contribution in [1.82, 2.24) is 0 Å². The molecule has 0 radical (unpaired) electrons. The van der Waals surface area contributed by atoms with Crippen molar-refractivity contribution in [3.05, 3.63) is 28.8 Å². The van der Waals surface area contributed by atoms with E-state index in [-0.39, 0.29) is 8.80 Å². The molecule has 0 atom stereocenters. The largest absolute Gasteiger partial charge is 0.493 e. The molecule has 1 saturated carbocycles. The minimum absolute atomic E-state index is 0.315. The van der Waals surface area contributed by atoms with Crippen molar-refractivity contribution in [2.24, 2.45) is 17.8 Å². The van der Waals surface area contributed by atoms with Crippen LogP contribution in [0.4, 0.5) is 0 Å². The summed E-state index contributed by atoms with van der Waals surface area (Å²) in [5, 5.41) is 0.824. The predicted molar refractivity (Wildman–Crippen MR) is 112 cm³/mol. The molecule has 1 aromatic rings. The Morgan fingerprint density at radius 3 is 2.36 bits per heavy atom. The van der Waals surface area contributed by atoms with E-state index in [0.717, 1.165) is 40.7 Å². The van der Waals surface area contributed by atoms with Gasteiger partial charge in [0.1, 0.15) is 5.75 Å². The molecular formula is C22H35ClOSi. The lowest BCUT2D eigenvalue weighted by Gasteiger charge is -2.37. The Morgan fingerprint density at radius 1 is 1.04 bits per heavy atom. The average molecular weight is 379 g/mol. The van der Waals surface area contributed by atoms with E-state index in [1.165, 1.54) is 32.1 Å². The van der Waals surface area contributed by atoms with Gasteiger partial charge in [0.2, 0.25) is 0 Å². The van der Waals surface area contributed by atoms with Gasteiger partial charge in [0.05, 0.1) is 6.61 Å². The van der Waals surface area contributed by atoms with Crippen molar-refractivity contribution in [1.29, 1.82) is 0 Å². The summed E-state index contributed by atoms with van der Waals surface area (Å²) >= 11 is 6.09. The second-order valence-electron chi connectivity index (χ2n) is 8.57. The van der Waals surface area contributed by atoms with Crippen LogP contribution in [-0.2, 0) is 0 Å². The Labute approximate surface area is 161 Å². The van der Waals surface area contributed by atoms with E-state index in [0.29, 0.717) is 0 Å². The number of ether oxygens (including phenoxy) is 1. The first kappa shape index (κ1) is 19.3. The van der Waals surface area contributed by atoms with Crippen LogP contribution in [0.1, 0.15) is 57.4 Å². The van der Waals surface area contributed by atoms with Crippen LogP contribution in [0.5, 0.6) is 5.75 Å². The minimum atomic E-state index is -0.315. The first-order valence-corrected chi connectivity index (χ1v) is 13.4. The molecule has 1 nitrogen and oxygen atoms in total. The summed E-state index contributed by atoms with van der Waals surface area (Å²) in [6.45, 7) is 5.29. The molecule has 140 valence electrons. The molecule has 25 heavy (non-hydrogen) atoms. The van der Waals surface area contributed by atoms with Crippen molar-refractivity contribution in [3.8, 4) is 5.75 Å². The van der Waals surface area contributed by atoms with Gasteiger partial charge in [-0.25, -0.2) is 0 Å². The monoisotopic (exact) mass is 378 g/mol. The summed E-state index contributed by atoms with van der Waals surface area (Å²) in [6, 6.07) is 10.9. The van der Waals surface area contributed by atoms with Crippen molar-refractivity contribution in [2.75, 3.05) is 6.61 Å². The van der Waals surface area contributed by atoms with Crippen molar-refractivity contribution in [2.45, 2.75) is 76.9 Å². The summed E-state index contributed by atoms with van der Waals surface area (Å²) in [7, 11) is -0.315. The zero-order valence-electron chi connectivity index (χ0n) is 16.1. The summed E-state index contributed by atoms with van der Waals surface area (Å²) in [6.07, 6.45) is 10.2. The lowest BCUT2D eigenvalue weighted by Crippen LogP contribution is -2.29. The van der Waals surface area contributed by atoms with Gasteiger partial charge in [0.25, 0.3) is 0 Å². The number of hydrogen-bond acceptors (Lipinski definition) is 1. The number of hydrogen-bond donors (Lipinski definition) is 0. The number of halogens is 1. The van der Waals surface area contributed by atoms with E-state index in [4.69, 9.17) is 16.3 Å². The molecule has 1 aliphatic carbocycles. The molecule has 3 heteroatoms. The first-order valence-electron chi connectivity index (χ1n) is 10.5. The Balaban J connectivity index is 1.38. The van der Waals surface area contributed by atoms with Crippen molar-refractivity contribution < 1.29 is 4.74 Å². The quantitative estimate of drug-likeness (QED) is 0.490. The summed E-state index contributed by atoms with van der Waals surface area (Å²) in [4.78, 5) is 0. The Morgan fingerprint density at radius 2 is 1.72 bits per heavy atom. The van der Waals surface area contributed by atoms with E-state index in [9.17, 15) is 0 Å². The lowest BCUT2D eigenvalue weighted by molar-refractivity contribution is 0.148. The maximum absolute atomic E-state index is 6.09. The lowest BCUT2D eigenvalue weighted by atomic mass is 9.74. The van der Waals surface area contributed by atoms with Gasteiger partial charge in [-0.05, 0) is 74.1 Å². The van der Waals surface area contributed by atoms with Crippen LogP contribution in [0, 0.1) is 24.7 Å². The van der Waals surface area contributed by atoms with Gasteiger partial charge in [-0.2, -0.15) is 0 Å². The van der Waals surface area contributed by atoms with Crippen LogP contribution < -0.4 is 4.74 Å². The highest BCUT2D eigenvalue weighted by Gasteiger charge is 2.31. The van der Waals surface area contributed by atoms with Crippen LogP contribution in [0.2, 0.25) is 23.2 Å². The van der Waals surface area contributed by atoms with Crippen molar-refractivity contribution >= 4 is 20.4 Å². The molecule has 0 bridgehead atoms. The number of benzene rings is 1. The second kappa shape index (κ2) is 9.46. The maximum atomic E-state index is 6.09. The summed E-state index contributed by atoms with van der Waals surface area (Å²) in [5.74, 6) is 3.80. The molecule has 2 fully saturated rings. The van der Waals surface area contributed by atoms with Gasteiger partial charge in [-0.3, -0.25) is 0 Å². The number of rotatable bonds is 6. The highest BCUT2D eigenvalue weighted by Crippen LogP contribution is 2.41. The second-order valence-corrected chi connectivity index (χ2v) is 12.4. The summed E-state index contributed by atoms with van der Waals surface area (Å²) in [5.41, 5.74) is 1.10. The van der Waals surface area contributed by atoms with Crippen molar-refractivity contribution in [3.63, 3.8) is 0 Å². The smallest absolute Gasteiger partial charge is 0.119 e. The van der Waals surface area contributed by atoms with E-state index < -0.39 is 0 Å². The Bertz CT molecular complexity index is 531. The fourth-order valence-electron chi connectivity index (χ4n) is 5.10. The van der Waals surface area contributed by atoms with E-state index in [1.54, 1.807) is 31.0 Å². The van der Waals surface area contributed by atoms with Crippen LogP contribution in [0.25, 0.3) is 0 Å². The van der Waals surface area contributed by atoms with Gasteiger partial charge in [-0.1, -0.05) is 55.9 Å². The molecule has 0 aromatic heterocycles. The molecule has 0 N–H and O–H groups in total. The molecule has 2 aliphatic rings. The Kier molecular flexibility index (Phi) is 7.30. The zero-order chi connectivity index (χ0) is 17.6. The van der Waals surface area contributed by atoms with Crippen LogP contribution >= 0.6 is 11.6 Å². The first-order chi connectivity index (χ1) is 12.2. The molecular weight excluding hydrogens is 344 g/mol. The third-order valence-corrected chi connectivity index (χ3v) is 10.9. The molecule has 0 amide bonds. The standard InChI is InChI=1S/C22H35ClOSi/c1-3-12-25-13-10-20(11-14-25)19-6-4-18(5-7-19)16-24-21-8-9-22(23)17(2)15-21/h8-9,15,18-20,25H,3-7,10-14,16H2,1-2H3/t18-,19-,20?,25?. The minimum Gasteiger partial charge on any atom is -0.493 e. The van der Waals surface area contributed by atoms with E-state index in [2.05, 4.69) is 13.0 Å². The SMILES string of the molecule is CCC[SiH]1CCC([C@H]2CC[C@H](COc3ccc(Cl)c(C)c3)CC2)CC1. The van der Waals surface area contributed by atoms with Gasteiger partial charge in [0, 0.05) is 13.8 Å². The highest BCUT2D eigenvalue weighted by molar-refractivity contribution is 6.58. The van der Waals surface area contributed by atoms with E-state index >= 15 is 0 Å². The molecule has 1 heterocycles.